The van der Waals surface area contributed by atoms with E-state index >= 15 is 0 Å². The maximum absolute atomic E-state index is 6.12. The third-order valence-electron chi connectivity index (χ3n) is 4.36. The van der Waals surface area contributed by atoms with Crippen LogP contribution in [0.15, 0.2) is 36.4 Å². The molecule has 1 atom stereocenters. The molecule has 0 saturated carbocycles. The molecule has 3 heteroatoms. The molecule has 2 aromatic carbocycles. The average Bonchev–Trinajstić information content (AvgIpc) is 2.84. The van der Waals surface area contributed by atoms with E-state index < -0.39 is 0 Å². The molecule has 1 aliphatic rings. The molecule has 2 aromatic rings. The zero-order valence-electron chi connectivity index (χ0n) is 13.4. The normalized spacial score (nSPS) is 16.7. The number of rotatable bonds is 4. The summed E-state index contributed by atoms with van der Waals surface area (Å²) in [5.41, 5.74) is 5.03. The van der Waals surface area contributed by atoms with Crippen molar-refractivity contribution < 1.29 is 4.74 Å². The lowest BCUT2D eigenvalue weighted by molar-refractivity contribution is 0.284. The molecule has 116 valence electrons. The number of hydrogen-bond acceptors (Lipinski definition) is 2. The second kappa shape index (κ2) is 6.21. The SMILES string of the molecule is CCN1c2ccc(Cl)cc2C[C@@H]1COc1cc(C)ccc1C. The van der Waals surface area contributed by atoms with Gasteiger partial charge < -0.3 is 9.64 Å². The summed E-state index contributed by atoms with van der Waals surface area (Å²) < 4.78 is 6.12. The van der Waals surface area contributed by atoms with Gasteiger partial charge in [-0.3, -0.25) is 0 Å². The fraction of sp³-hybridized carbons (Fsp3) is 0.368. The second-order valence-electron chi connectivity index (χ2n) is 6.00. The van der Waals surface area contributed by atoms with Gasteiger partial charge in [-0.1, -0.05) is 23.7 Å². The van der Waals surface area contributed by atoms with Gasteiger partial charge in [0, 0.05) is 17.3 Å². The van der Waals surface area contributed by atoms with E-state index in [0.29, 0.717) is 12.6 Å². The Bertz CT molecular complexity index is 683. The summed E-state index contributed by atoms with van der Waals surface area (Å²) in [6, 6.07) is 12.9. The second-order valence-corrected chi connectivity index (χ2v) is 6.43. The van der Waals surface area contributed by atoms with Crippen molar-refractivity contribution in [3.8, 4) is 5.75 Å². The van der Waals surface area contributed by atoms with Crippen LogP contribution >= 0.6 is 11.6 Å². The highest BCUT2D eigenvalue weighted by atomic mass is 35.5. The Kier molecular flexibility index (Phi) is 4.30. The summed E-state index contributed by atoms with van der Waals surface area (Å²) in [6.45, 7) is 8.06. The average molecular weight is 316 g/mol. The summed E-state index contributed by atoms with van der Waals surface area (Å²) in [7, 11) is 0. The number of anilines is 1. The van der Waals surface area contributed by atoms with E-state index in [9.17, 15) is 0 Å². The predicted octanol–water partition coefficient (Wildman–Crippen LogP) is 4.79. The van der Waals surface area contributed by atoms with Crippen molar-refractivity contribution in [2.24, 2.45) is 0 Å². The number of likely N-dealkylation sites (N-methyl/N-ethyl adjacent to an activating group) is 1. The molecule has 0 N–H and O–H groups in total. The third-order valence-corrected chi connectivity index (χ3v) is 4.60. The van der Waals surface area contributed by atoms with Crippen molar-refractivity contribution >= 4 is 17.3 Å². The fourth-order valence-corrected chi connectivity index (χ4v) is 3.38. The minimum absolute atomic E-state index is 0.373. The number of aryl methyl sites for hydroxylation is 2. The number of fused-ring (bicyclic) bond motifs is 1. The van der Waals surface area contributed by atoms with E-state index in [1.165, 1.54) is 22.4 Å². The molecule has 0 unspecified atom stereocenters. The zero-order valence-corrected chi connectivity index (χ0v) is 14.2. The standard InChI is InChI=1S/C19H22ClNO/c1-4-21-17(11-15-10-16(20)7-8-18(15)21)12-22-19-9-13(2)5-6-14(19)3/h5-10,17H,4,11-12H2,1-3H3/t17-/m1/s1. The van der Waals surface area contributed by atoms with Crippen LogP contribution in [0.3, 0.4) is 0 Å². The molecule has 1 heterocycles. The lowest BCUT2D eigenvalue weighted by atomic mass is 10.1. The largest absolute Gasteiger partial charge is 0.491 e. The van der Waals surface area contributed by atoms with E-state index in [-0.39, 0.29) is 0 Å². The molecule has 1 aliphatic heterocycles. The lowest BCUT2D eigenvalue weighted by Crippen LogP contribution is -2.36. The van der Waals surface area contributed by atoms with Crippen molar-refractivity contribution in [2.45, 2.75) is 33.2 Å². The van der Waals surface area contributed by atoms with Gasteiger partial charge >= 0.3 is 0 Å². The Morgan fingerprint density at radius 1 is 1.18 bits per heavy atom. The number of nitrogens with zero attached hydrogens (tertiary/aromatic N) is 1. The minimum atomic E-state index is 0.373. The highest BCUT2D eigenvalue weighted by Gasteiger charge is 2.28. The Hall–Kier alpha value is -1.67. The highest BCUT2D eigenvalue weighted by molar-refractivity contribution is 6.30. The Balaban J connectivity index is 1.75. The third kappa shape index (κ3) is 2.93. The predicted molar refractivity (Wildman–Crippen MR) is 93.4 cm³/mol. The summed E-state index contributed by atoms with van der Waals surface area (Å²) in [6.07, 6.45) is 0.995. The maximum Gasteiger partial charge on any atom is 0.122 e. The molecule has 0 spiro atoms. The molecule has 2 nitrogen and oxygen atoms in total. The Morgan fingerprint density at radius 2 is 2.00 bits per heavy atom. The van der Waals surface area contributed by atoms with Gasteiger partial charge in [-0.2, -0.15) is 0 Å². The van der Waals surface area contributed by atoms with E-state index in [1.54, 1.807) is 0 Å². The van der Waals surface area contributed by atoms with Crippen molar-refractivity contribution in [2.75, 3.05) is 18.1 Å². The van der Waals surface area contributed by atoms with Gasteiger partial charge in [0.1, 0.15) is 12.4 Å². The van der Waals surface area contributed by atoms with Crippen LogP contribution in [0, 0.1) is 13.8 Å². The van der Waals surface area contributed by atoms with Crippen molar-refractivity contribution in [1.29, 1.82) is 0 Å². The van der Waals surface area contributed by atoms with Gasteiger partial charge in [-0.05, 0) is 68.1 Å². The van der Waals surface area contributed by atoms with Crippen LogP contribution in [0.2, 0.25) is 5.02 Å². The topological polar surface area (TPSA) is 12.5 Å². The van der Waals surface area contributed by atoms with Gasteiger partial charge in [0.05, 0.1) is 6.04 Å². The number of benzene rings is 2. The van der Waals surface area contributed by atoms with Crippen LogP contribution < -0.4 is 9.64 Å². The first kappa shape index (κ1) is 15.2. The molecular formula is C19H22ClNO. The van der Waals surface area contributed by atoms with Crippen LogP contribution in [0.1, 0.15) is 23.6 Å². The highest BCUT2D eigenvalue weighted by Crippen LogP contribution is 2.34. The summed E-state index contributed by atoms with van der Waals surface area (Å²) in [4.78, 5) is 2.41. The molecule has 0 aromatic heterocycles. The maximum atomic E-state index is 6.12. The molecule has 22 heavy (non-hydrogen) atoms. The van der Waals surface area contributed by atoms with Crippen LogP contribution in [0.5, 0.6) is 5.75 Å². The molecule has 0 radical (unpaired) electrons. The Labute approximate surface area is 137 Å². The number of hydrogen-bond donors (Lipinski definition) is 0. The van der Waals surface area contributed by atoms with Crippen molar-refractivity contribution in [3.05, 3.63) is 58.1 Å². The van der Waals surface area contributed by atoms with E-state index in [4.69, 9.17) is 16.3 Å². The molecule has 0 aliphatic carbocycles. The van der Waals surface area contributed by atoms with Crippen LogP contribution in [0.4, 0.5) is 5.69 Å². The van der Waals surface area contributed by atoms with Crippen LogP contribution in [-0.2, 0) is 6.42 Å². The zero-order chi connectivity index (χ0) is 15.7. The fourth-order valence-electron chi connectivity index (χ4n) is 3.18. The first-order chi connectivity index (χ1) is 10.6. The van der Waals surface area contributed by atoms with Crippen molar-refractivity contribution in [1.82, 2.24) is 0 Å². The molecule has 0 bridgehead atoms. The monoisotopic (exact) mass is 315 g/mol. The van der Waals surface area contributed by atoms with Gasteiger partial charge in [-0.15, -0.1) is 0 Å². The van der Waals surface area contributed by atoms with E-state index in [0.717, 1.165) is 23.7 Å². The van der Waals surface area contributed by atoms with Gasteiger partial charge in [-0.25, -0.2) is 0 Å². The van der Waals surface area contributed by atoms with Gasteiger partial charge in [0.2, 0.25) is 0 Å². The summed E-state index contributed by atoms with van der Waals surface area (Å²) >= 11 is 6.12. The van der Waals surface area contributed by atoms with E-state index in [1.807, 2.05) is 6.07 Å². The molecule has 0 saturated heterocycles. The first-order valence-corrected chi connectivity index (χ1v) is 8.21. The molecule has 0 amide bonds. The molecular weight excluding hydrogens is 294 g/mol. The smallest absolute Gasteiger partial charge is 0.122 e. The van der Waals surface area contributed by atoms with Gasteiger partial charge in [0.15, 0.2) is 0 Å². The van der Waals surface area contributed by atoms with Crippen LogP contribution in [0.25, 0.3) is 0 Å². The number of halogens is 1. The van der Waals surface area contributed by atoms with Gasteiger partial charge in [0.25, 0.3) is 0 Å². The van der Waals surface area contributed by atoms with E-state index in [2.05, 4.69) is 56.0 Å². The summed E-state index contributed by atoms with van der Waals surface area (Å²) in [5, 5.41) is 0.811. The molecule has 0 fully saturated rings. The quantitative estimate of drug-likeness (QED) is 0.804. The van der Waals surface area contributed by atoms with Crippen molar-refractivity contribution in [3.63, 3.8) is 0 Å². The van der Waals surface area contributed by atoms with Crippen LogP contribution in [-0.4, -0.2) is 19.2 Å². The first-order valence-electron chi connectivity index (χ1n) is 7.83. The summed E-state index contributed by atoms with van der Waals surface area (Å²) in [5.74, 6) is 0.991. The molecule has 3 rings (SSSR count). The Morgan fingerprint density at radius 3 is 2.77 bits per heavy atom. The minimum Gasteiger partial charge on any atom is -0.491 e. The lowest BCUT2D eigenvalue weighted by Gasteiger charge is -2.26. The number of ether oxygens (including phenoxy) is 1.